The lowest BCUT2D eigenvalue weighted by molar-refractivity contribution is 0.0972. The SMILES string of the molecule is Cc1c2c(cc3c1sc1ccccc13)CCCC2=O. The Morgan fingerprint density at radius 2 is 1.95 bits per heavy atom. The summed E-state index contributed by atoms with van der Waals surface area (Å²) >= 11 is 1.81. The molecule has 1 aliphatic rings. The third-order valence-corrected chi connectivity index (χ3v) is 5.42. The van der Waals surface area contributed by atoms with Gasteiger partial charge >= 0.3 is 0 Å². The molecule has 19 heavy (non-hydrogen) atoms. The highest BCUT2D eigenvalue weighted by Crippen LogP contribution is 2.39. The predicted octanol–water partition coefficient (Wildman–Crippen LogP) is 4.88. The third kappa shape index (κ3) is 1.50. The van der Waals surface area contributed by atoms with Gasteiger partial charge in [0, 0.05) is 32.2 Å². The Labute approximate surface area is 115 Å². The molecule has 0 aliphatic heterocycles. The molecule has 0 saturated heterocycles. The van der Waals surface area contributed by atoms with Crippen LogP contribution in [0.5, 0.6) is 0 Å². The molecule has 1 aromatic heterocycles. The number of rotatable bonds is 0. The van der Waals surface area contributed by atoms with Crippen LogP contribution in [0.4, 0.5) is 0 Å². The summed E-state index contributed by atoms with van der Waals surface area (Å²) in [5.74, 6) is 0.332. The van der Waals surface area contributed by atoms with Crippen molar-refractivity contribution in [3.05, 3.63) is 47.0 Å². The normalized spacial score (nSPS) is 15.1. The van der Waals surface area contributed by atoms with Crippen molar-refractivity contribution in [1.82, 2.24) is 0 Å². The molecular weight excluding hydrogens is 252 g/mol. The summed E-state index contributed by atoms with van der Waals surface area (Å²) in [7, 11) is 0. The van der Waals surface area contributed by atoms with Gasteiger partial charge in [-0.25, -0.2) is 0 Å². The lowest BCUT2D eigenvalue weighted by Gasteiger charge is -2.17. The number of fused-ring (bicyclic) bond motifs is 4. The van der Waals surface area contributed by atoms with Gasteiger partial charge in [-0.3, -0.25) is 4.79 Å². The number of thiophene rings is 1. The molecule has 1 heterocycles. The first-order valence-corrected chi connectivity index (χ1v) is 7.54. The van der Waals surface area contributed by atoms with Gasteiger partial charge in [0.05, 0.1) is 0 Å². The zero-order valence-electron chi connectivity index (χ0n) is 10.8. The average Bonchev–Trinajstić information content (AvgIpc) is 2.78. The summed E-state index contributed by atoms with van der Waals surface area (Å²) in [6.45, 7) is 2.11. The standard InChI is InChI=1S/C17H14OS/c1-10-16-11(5-4-7-14(16)18)9-13-12-6-2-3-8-15(12)19-17(10)13/h2-3,6,8-9H,4-5,7H2,1H3. The maximum absolute atomic E-state index is 12.2. The minimum Gasteiger partial charge on any atom is -0.294 e. The van der Waals surface area contributed by atoms with E-state index in [1.54, 1.807) is 0 Å². The molecule has 0 unspecified atom stereocenters. The number of aryl methyl sites for hydroxylation is 2. The minimum atomic E-state index is 0.332. The van der Waals surface area contributed by atoms with E-state index in [0.717, 1.165) is 18.4 Å². The van der Waals surface area contributed by atoms with Crippen LogP contribution in [0.2, 0.25) is 0 Å². The Bertz CT molecular complexity index is 826. The molecule has 0 amide bonds. The molecule has 0 N–H and O–H groups in total. The Morgan fingerprint density at radius 1 is 1.11 bits per heavy atom. The summed E-state index contributed by atoms with van der Waals surface area (Å²) in [6, 6.07) is 10.8. The molecule has 3 aromatic rings. The van der Waals surface area contributed by atoms with E-state index in [1.165, 1.54) is 31.3 Å². The van der Waals surface area contributed by atoms with E-state index < -0.39 is 0 Å². The molecule has 0 saturated carbocycles. The van der Waals surface area contributed by atoms with E-state index in [0.29, 0.717) is 12.2 Å². The fraction of sp³-hybridized carbons (Fsp3) is 0.235. The summed E-state index contributed by atoms with van der Waals surface area (Å²) in [5, 5.41) is 2.65. The molecule has 0 radical (unpaired) electrons. The van der Waals surface area contributed by atoms with Crippen LogP contribution in [0.15, 0.2) is 30.3 Å². The molecule has 1 aliphatic carbocycles. The lowest BCUT2D eigenvalue weighted by atomic mass is 9.86. The topological polar surface area (TPSA) is 17.1 Å². The number of benzene rings is 2. The molecular formula is C17H14OS. The summed E-state index contributed by atoms with van der Waals surface area (Å²) in [5.41, 5.74) is 3.45. The van der Waals surface area contributed by atoms with E-state index >= 15 is 0 Å². The van der Waals surface area contributed by atoms with Gasteiger partial charge in [0.2, 0.25) is 0 Å². The second-order valence-electron chi connectivity index (χ2n) is 5.29. The van der Waals surface area contributed by atoms with E-state index in [2.05, 4.69) is 37.3 Å². The van der Waals surface area contributed by atoms with E-state index in [9.17, 15) is 4.79 Å². The van der Waals surface area contributed by atoms with Crippen molar-refractivity contribution in [1.29, 1.82) is 0 Å². The molecule has 2 heteroatoms. The first-order valence-electron chi connectivity index (χ1n) is 6.72. The number of hydrogen-bond donors (Lipinski definition) is 0. The van der Waals surface area contributed by atoms with Crippen molar-refractivity contribution >= 4 is 37.3 Å². The summed E-state index contributed by atoms with van der Waals surface area (Å²) < 4.78 is 2.60. The Balaban J connectivity index is 2.19. The van der Waals surface area contributed by atoms with E-state index in [-0.39, 0.29) is 0 Å². The third-order valence-electron chi connectivity index (χ3n) is 4.12. The Morgan fingerprint density at radius 3 is 2.84 bits per heavy atom. The largest absolute Gasteiger partial charge is 0.294 e. The van der Waals surface area contributed by atoms with E-state index in [4.69, 9.17) is 0 Å². The van der Waals surface area contributed by atoms with Crippen LogP contribution in [-0.2, 0) is 6.42 Å². The lowest BCUT2D eigenvalue weighted by Crippen LogP contribution is -2.12. The quantitative estimate of drug-likeness (QED) is 0.566. The van der Waals surface area contributed by atoms with Crippen LogP contribution in [0.25, 0.3) is 20.2 Å². The molecule has 0 atom stereocenters. The van der Waals surface area contributed by atoms with Crippen LogP contribution >= 0.6 is 11.3 Å². The molecule has 4 rings (SSSR count). The highest BCUT2D eigenvalue weighted by Gasteiger charge is 2.22. The summed E-state index contributed by atoms with van der Waals surface area (Å²) in [4.78, 5) is 12.2. The minimum absolute atomic E-state index is 0.332. The molecule has 2 aromatic carbocycles. The molecule has 94 valence electrons. The van der Waals surface area contributed by atoms with Gasteiger partial charge in [-0.1, -0.05) is 18.2 Å². The van der Waals surface area contributed by atoms with Crippen LogP contribution in [-0.4, -0.2) is 5.78 Å². The summed E-state index contributed by atoms with van der Waals surface area (Å²) in [6.07, 6.45) is 2.76. The van der Waals surface area contributed by atoms with Gasteiger partial charge in [0.25, 0.3) is 0 Å². The molecule has 1 nitrogen and oxygen atoms in total. The second-order valence-corrected chi connectivity index (χ2v) is 6.34. The number of hydrogen-bond acceptors (Lipinski definition) is 2. The zero-order valence-corrected chi connectivity index (χ0v) is 11.6. The molecule has 0 fully saturated rings. The highest BCUT2D eigenvalue weighted by atomic mass is 32.1. The number of ketones is 1. The maximum Gasteiger partial charge on any atom is 0.163 e. The van der Waals surface area contributed by atoms with E-state index in [1.807, 2.05) is 11.3 Å². The first kappa shape index (κ1) is 11.2. The number of Topliss-reactive ketones (excluding diaryl/α,β-unsaturated/α-hetero) is 1. The van der Waals surface area contributed by atoms with Gasteiger partial charge in [0.15, 0.2) is 5.78 Å². The predicted molar refractivity (Wildman–Crippen MR) is 81.3 cm³/mol. The molecule has 0 bridgehead atoms. The smallest absolute Gasteiger partial charge is 0.163 e. The molecule has 0 spiro atoms. The van der Waals surface area contributed by atoms with Gasteiger partial charge in [-0.15, -0.1) is 11.3 Å². The van der Waals surface area contributed by atoms with Crippen molar-refractivity contribution < 1.29 is 4.79 Å². The Hall–Kier alpha value is -1.67. The number of carbonyl (C=O) groups excluding carboxylic acids is 1. The monoisotopic (exact) mass is 266 g/mol. The van der Waals surface area contributed by atoms with Gasteiger partial charge in [-0.05, 0) is 43.0 Å². The van der Waals surface area contributed by atoms with Crippen LogP contribution in [0, 0.1) is 6.92 Å². The second kappa shape index (κ2) is 3.91. The van der Waals surface area contributed by atoms with Crippen LogP contribution in [0.3, 0.4) is 0 Å². The van der Waals surface area contributed by atoms with Gasteiger partial charge < -0.3 is 0 Å². The number of carbonyl (C=O) groups is 1. The van der Waals surface area contributed by atoms with Crippen molar-refractivity contribution in [2.75, 3.05) is 0 Å². The fourth-order valence-corrected chi connectivity index (χ4v) is 4.43. The van der Waals surface area contributed by atoms with Crippen molar-refractivity contribution in [3.8, 4) is 0 Å². The van der Waals surface area contributed by atoms with Crippen LogP contribution < -0.4 is 0 Å². The fourth-order valence-electron chi connectivity index (χ4n) is 3.24. The zero-order chi connectivity index (χ0) is 13.0. The van der Waals surface area contributed by atoms with Crippen molar-refractivity contribution in [2.45, 2.75) is 26.2 Å². The van der Waals surface area contributed by atoms with Gasteiger partial charge in [0.1, 0.15) is 0 Å². The average molecular weight is 266 g/mol. The highest BCUT2D eigenvalue weighted by molar-refractivity contribution is 7.26. The van der Waals surface area contributed by atoms with Crippen molar-refractivity contribution in [3.63, 3.8) is 0 Å². The first-order chi connectivity index (χ1) is 9.25. The van der Waals surface area contributed by atoms with Crippen molar-refractivity contribution in [2.24, 2.45) is 0 Å². The van der Waals surface area contributed by atoms with Crippen LogP contribution in [0.1, 0.15) is 34.3 Å². The van der Waals surface area contributed by atoms with Gasteiger partial charge in [-0.2, -0.15) is 0 Å². The Kier molecular flexibility index (Phi) is 2.30. The maximum atomic E-state index is 12.2.